The monoisotopic (exact) mass is 243 g/mol. The summed E-state index contributed by atoms with van der Waals surface area (Å²) in [6.07, 6.45) is 5.80. The topological polar surface area (TPSA) is 89.8 Å². The summed E-state index contributed by atoms with van der Waals surface area (Å²) in [6, 6.07) is 3.49. The van der Waals surface area contributed by atoms with Crippen LogP contribution in [0.1, 0.15) is 18.9 Å². The van der Waals surface area contributed by atoms with E-state index in [0.717, 1.165) is 13.0 Å². The first-order valence-electron chi connectivity index (χ1n) is 5.59. The van der Waals surface area contributed by atoms with Crippen LogP contribution in [0, 0.1) is 11.3 Å². The molecule has 0 saturated heterocycles. The summed E-state index contributed by atoms with van der Waals surface area (Å²) in [5, 5.41) is 12.8. The molecule has 0 radical (unpaired) electrons. The van der Waals surface area contributed by atoms with Crippen LogP contribution in [0.15, 0.2) is 24.7 Å². The lowest BCUT2D eigenvalue weighted by Crippen LogP contribution is -1.96. The molecule has 0 aliphatic heterocycles. The van der Waals surface area contributed by atoms with Crippen molar-refractivity contribution in [1.29, 1.82) is 5.26 Å². The van der Waals surface area contributed by atoms with Crippen molar-refractivity contribution in [1.82, 2.24) is 14.8 Å². The van der Waals surface area contributed by atoms with Crippen LogP contribution in [-0.4, -0.2) is 14.8 Å². The van der Waals surface area contributed by atoms with E-state index in [0.29, 0.717) is 17.0 Å². The van der Waals surface area contributed by atoms with Gasteiger partial charge in [-0.15, -0.1) is 0 Å². The summed E-state index contributed by atoms with van der Waals surface area (Å²) in [4.78, 5) is 3.99. The molecule has 0 bridgehead atoms. The minimum atomic E-state index is 0.282. The fourth-order valence-corrected chi connectivity index (χ4v) is 1.48. The van der Waals surface area contributed by atoms with E-state index < -0.39 is 0 Å². The molecule has 6 nitrogen and oxygen atoms in total. The van der Waals surface area contributed by atoms with E-state index in [9.17, 15) is 0 Å². The number of pyridine rings is 1. The average Bonchev–Trinajstić information content (AvgIpc) is 2.80. The minimum Gasteiger partial charge on any atom is -0.434 e. The number of nitrogen functional groups attached to an aromatic ring is 1. The first-order valence-corrected chi connectivity index (χ1v) is 5.59. The Bertz CT molecular complexity index is 584. The highest BCUT2D eigenvalue weighted by Crippen LogP contribution is 2.24. The second kappa shape index (κ2) is 5.19. The quantitative estimate of drug-likeness (QED) is 0.886. The smallest absolute Gasteiger partial charge is 0.242 e. The first kappa shape index (κ1) is 11.9. The van der Waals surface area contributed by atoms with Crippen molar-refractivity contribution in [2.45, 2.75) is 19.9 Å². The average molecular weight is 243 g/mol. The Morgan fingerprint density at radius 1 is 1.50 bits per heavy atom. The fraction of sp³-hybridized carbons (Fsp3) is 0.250. The molecule has 6 heteroatoms. The summed E-state index contributed by atoms with van der Waals surface area (Å²) in [7, 11) is 0. The molecule has 0 aliphatic carbocycles. The molecule has 0 fully saturated rings. The van der Waals surface area contributed by atoms with E-state index in [1.807, 2.05) is 6.07 Å². The van der Waals surface area contributed by atoms with Crippen LogP contribution in [-0.2, 0) is 6.54 Å². The molecule has 92 valence electrons. The Labute approximate surface area is 105 Å². The van der Waals surface area contributed by atoms with Gasteiger partial charge in [0.05, 0.1) is 23.6 Å². The molecule has 0 aromatic carbocycles. The molecule has 0 atom stereocenters. The van der Waals surface area contributed by atoms with Crippen LogP contribution < -0.4 is 10.5 Å². The van der Waals surface area contributed by atoms with Crippen molar-refractivity contribution in [3.63, 3.8) is 0 Å². The standard InChI is InChI=1S/C12H13N5O/c1-2-3-17-8-10(7-16-17)18-12-11(14)4-9(5-13)6-15-12/h4,6-8H,2-3,14H2,1H3. The van der Waals surface area contributed by atoms with Crippen LogP contribution in [0.4, 0.5) is 5.69 Å². The van der Waals surface area contributed by atoms with Crippen LogP contribution in [0.2, 0.25) is 0 Å². The minimum absolute atomic E-state index is 0.282. The molecule has 2 heterocycles. The lowest BCUT2D eigenvalue weighted by Gasteiger charge is -2.04. The molecular formula is C12H13N5O. The van der Waals surface area contributed by atoms with E-state index in [1.54, 1.807) is 17.1 Å². The van der Waals surface area contributed by atoms with Crippen LogP contribution in [0.5, 0.6) is 11.6 Å². The van der Waals surface area contributed by atoms with Gasteiger partial charge in [0.25, 0.3) is 0 Å². The maximum absolute atomic E-state index is 8.71. The predicted molar refractivity (Wildman–Crippen MR) is 66.0 cm³/mol. The Morgan fingerprint density at radius 3 is 3.00 bits per heavy atom. The van der Waals surface area contributed by atoms with Crippen LogP contribution in [0.25, 0.3) is 0 Å². The lowest BCUT2D eigenvalue weighted by atomic mass is 10.3. The van der Waals surface area contributed by atoms with Crippen molar-refractivity contribution in [3.8, 4) is 17.7 Å². The van der Waals surface area contributed by atoms with Gasteiger partial charge in [0.1, 0.15) is 6.07 Å². The third-order valence-electron chi connectivity index (χ3n) is 2.28. The maximum atomic E-state index is 8.71. The zero-order valence-corrected chi connectivity index (χ0v) is 10.00. The summed E-state index contributed by atoms with van der Waals surface area (Å²) in [5.41, 5.74) is 6.48. The zero-order chi connectivity index (χ0) is 13.0. The van der Waals surface area contributed by atoms with Crippen molar-refractivity contribution in [2.75, 3.05) is 5.73 Å². The van der Waals surface area contributed by atoms with Gasteiger partial charge in [-0.25, -0.2) is 4.98 Å². The second-order valence-corrected chi connectivity index (χ2v) is 3.77. The molecule has 0 aliphatic rings. The normalized spacial score (nSPS) is 10.0. The number of aryl methyl sites for hydroxylation is 1. The van der Waals surface area contributed by atoms with Gasteiger partial charge in [0.2, 0.25) is 5.88 Å². The summed E-state index contributed by atoms with van der Waals surface area (Å²) in [6.45, 7) is 2.90. The van der Waals surface area contributed by atoms with Crippen molar-refractivity contribution >= 4 is 5.69 Å². The number of nitrogens with two attached hydrogens (primary N) is 1. The molecular weight excluding hydrogens is 230 g/mol. The van der Waals surface area contributed by atoms with Gasteiger partial charge in [0.15, 0.2) is 5.75 Å². The summed E-state index contributed by atoms with van der Waals surface area (Å²) < 4.78 is 7.29. The highest BCUT2D eigenvalue weighted by molar-refractivity contribution is 5.53. The lowest BCUT2D eigenvalue weighted by molar-refractivity contribution is 0.464. The zero-order valence-electron chi connectivity index (χ0n) is 10.00. The van der Waals surface area contributed by atoms with Crippen LogP contribution in [0.3, 0.4) is 0 Å². The van der Waals surface area contributed by atoms with Crippen LogP contribution >= 0.6 is 0 Å². The molecule has 0 amide bonds. The molecule has 0 spiro atoms. The molecule has 2 aromatic rings. The van der Waals surface area contributed by atoms with Gasteiger partial charge in [-0.1, -0.05) is 6.92 Å². The number of hydrogen-bond acceptors (Lipinski definition) is 5. The fourth-order valence-electron chi connectivity index (χ4n) is 1.48. The number of ether oxygens (including phenoxy) is 1. The predicted octanol–water partition coefficient (Wildman–Crippen LogP) is 1.93. The Morgan fingerprint density at radius 2 is 2.33 bits per heavy atom. The molecule has 2 N–H and O–H groups in total. The number of nitrogens with zero attached hydrogens (tertiary/aromatic N) is 4. The van der Waals surface area contributed by atoms with Gasteiger partial charge < -0.3 is 10.5 Å². The van der Waals surface area contributed by atoms with E-state index in [1.165, 1.54) is 12.3 Å². The van der Waals surface area contributed by atoms with Gasteiger partial charge in [-0.2, -0.15) is 10.4 Å². The van der Waals surface area contributed by atoms with E-state index >= 15 is 0 Å². The second-order valence-electron chi connectivity index (χ2n) is 3.77. The Kier molecular flexibility index (Phi) is 3.44. The van der Waals surface area contributed by atoms with Gasteiger partial charge in [-0.05, 0) is 12.5 Å². The molecule has 2 rings (SSSR count). The van der Waals surface area contributed by atoms with E-state index in [2.05, 4.69) is 17.0 Å². The maximum Gasteiger partial charge on any atom is 0.242 e. The summed E-state index contributed by atoms with van der Waals surface area (Å²) >= 11 is 0. The molecule has 2 aromatic heterocycles. The highest BCUT2D eigenvalue weighted by Gasteiger charge is 2.07. The van der Waals surface area contributed by atoms with Gasteiger partial charge >= 0.3 is 0 Å². The van der Waals surface area contributed by atoms with Crippen molar-refractivity contribution in [2.24, 2.45) is 0 Å². The van der Waals surface area contributed by atoms with Crippen molar-refractivity contribution in [3.05, 3.63) is 30.2 Å². The molecule has 0 unspecified atom stereocenters. The third kappa shape index (κ3) is 2.58. The number of nitriles is 1. The number of rotatable bonds is 4. The Hall–Kier alpha value is -2.55. The Balaban J connectivity index is 2.15. The largest absolute Gasteiger partial charge is 0.434 e. The van der Waals surface area contributed by atoms with Gasteiger partial charge in [0, 0.05) is 12.7 Å². The highest BCUT2D eigenvalue weighted by atomic mass is 16.5. The third-order valence-corrected chi connectivity index (χ3v) is 2.28. The van der Waals surface area contributed by atoms with Crippen molar-refractivity contribution < 1.29 is 4.74 Å². The number of hydrogen-bond donors (Lipinski definition) is 1. The summed E-state index contributed by atoms with van der Waals surface area (Å²) in [5.74, 6) is 0.859. The number of anilines is 1. The number of aromatic nitrogens is 3. The van der Waals surface area contributed by atoms with Gasteiger partial charge in [-0.3, -0.25) is 4.68 Å². The van der Waals surface area contributed by atoms with E-state index in [-0.39, 0.29) is 5.88 Å². The van der Waals surface area contributed by atoms with E-state index in [4.69, 9.17) is 15.7 Å². The molecule has 18 heavy (non-hydrogen) atoms. The SMILES string of the molecule is CCCn1cc(Oc2ncc(C#N)cc2N)cn1. The molecule has 0 saturated carbocycles. The first-order chi connectivity index (χ1) is 8.72.